The number of aryl methyl sites for hydroxylation is 1. The minimum atomic E-state index is -1.00. The van der Waals surface area contributed by atoms with Gasteiger partial charge in [0, 0.05) is 4.88 Å². The third-order valence-electron chi connectivity index (χ3n) is 3.82. The zero-order chi connectivity index (χ0) is 17.1. The molecule has 126 valence electrons. The van der Waals surface area contributed by atoms with E-state index in [1.165, 1.54) is 18.4 Å². The van der Waals surface area contributed by atoms with Crippen molar-refractivity contribution in [2.45, 2.75) is 19.3 Å². The van der Waals surface area contributed by atoms with E-state index in [9.17, 15) is 14.7 Å². The first-order valence-electron chi connectivity index (χ1n) is 7.53. The van der Waals surface area contributed by atoms with E-state index in [2.05, 4.69) is 5.32 Å². The van der Waals surface area contributed by atoms with Gasteiger partial charge >= 0.3 is 5.97 Å². The van der Waals surface area contributed by atoms with E-state index in [4.69, 9.17) is 9.47 Å². The molecule has 24 heavy (non-hydrogen) atoms. The molecule has 2 N–H and O–H groups in total. The molecule has 1 aromatic heterocycles. The minimum absolute atomic E-state index is 0.220. The third-order valence-corrected chi connectivity index (χ3v) is 5.02. The van der Waals surface area contributed by atoms with Crippen molar-refractivity contribution in [1.82, 2.24) is 0 Å². The lowest BCUT2D eigenvalue weighted by atomic mass is 10.1. The van der Waals surface area contributed by atoms with Gasteiger partial charge in [-0.25, -0.2) is 4.79 Å². The second-order valence-electron chi connectivity index (χ2n) is 5.35. The van der Waals surface area contributed by atoms with Gasteiger partial charge < -0.3 is 19.9 Å². The van der Waals surface area contributed by atoms with E-state index in [1.807, 2.05) is 0 Å². The molecule has 1 amide bonds. The summed E-state index contributed by atoms with van der Waals surface area (Å²) in [7, 11) is 1.52. The van der Waals surface area contributed by atoms with Crippen molar-refractivity contribution in [2.24, 2.45) is 0 Å². The highest BCUT2D eigenvalue weighted by atomic mass is 32.1. The third kappa shape index (κ3) is 3.21. The standard InChI is InChI=1S/C17H17NO5S/c1-22-11-6-2-3-7-12(11)23-9-14(19)18-16-15(17(20)21)10-5-4-8-13(10)24-16/h2-3,6-7H,4-5,8-9H2,1H3,(H,18,19)(H,20,21). The first kappa shape index (κ1) is 16.3. The number of aromatic carboxylic acids is 1. The Labute approximate surface area is 143 Å². The van der Waals surface area contributed by atoms with Gasteiger partial charge in [0.1, 0.15) is 5.00 Å². The molecule has 0 saturated carbocycles. The molecule has 1 heterocycles. The predicted octanol–water partition coefficient (Wildman–Crippen LogP) is 2.96. The monoisotopic (exact) mass is 347 g/mol. The summed E-state index contributed by atoms with van der Waals surface area (Å²) in [6, 6.07) is 7.02. The van der Waals surface area contributed by atoms with Crippen molar-refractivity contribution in [3.8, 4) is 11.5 Å². The number of anilines is 1. The number of fused-ring (bicyclic) bond motifs is 1. The number of hydrogen-bond donors (Lipinski definition) is 2. The Morgan fingerprint density at radius 3 is 2.71 bits per heavy atom. The Bertz CT molecular complexity index is 783. The van der Waals surface area contributed by atoms with Gasteiger partial charge in [-0.05, 0) is 37.0 Å². The van der Waals surface area contributed by atoms with E-state index >= 15 is 0 Å². The highest BCUT2D eigenvalue weighted by molar-refractivity contribution is 7.17. The molecule has 3 rings (SSSR count). The number of carbonyl (C=O) groups is 2. The van der Waals surface area contributed by atoms with E-state index in [0.717, 1.165) is 29.7 Å². The van der Waals surface area contributed by atoms with Crippen LogP contribution in [0.5, 0.6) is 11.5 Å². The van der Waals surface area contributed by atoms with Crippen LogP contribution in [0.15, 0.2) is 24.3 Å². The normalized spacial score (nSPS) is 12.5. The lowest BCUT2D eigenvalue weighted by Crippen LogP contribution is -2.21. The van der Waals surface area contributed by atoms with Gasteiger partial charge in [0.05, 0.1) is 12.7 Å². The molecular weight excluding hydrogens is 330 g/mol. The van der Waals surface area contributed by atoms with Crippen molar-refractivity contribution in [1.29, 1.82) is 0 Å². The first-order valence-corrected chi connectivity index (χ1v) is 8.35. The fourth-order valence-corrected chi connectivity index (χ4v) is 4.06. The second-order valence-corrected chi connectivity index (χ2v) is 6.46. The molecule has 7 heteroatoms. The number of methoxy groups -OCH3 is 1. The number of benzene rings is 1. The largest absolute Gasteiger partial charge is 0.493 e. The Morgan fingerprint density at radius 2 is 2.00 bits per heavy atom. The van der Waals surface area contributed by atoms with Gasteiger partial charge in [-0.3, -0.25) is 4.79 Å². The summed E-state index contributed by atoms with van der Waals surface area (Å²) >= 11 is 1.34. The minimum Gasteiger partial charge on any atom is -0.493 e. The fourth-order valence-electron chi connectivity index (χ4n) is 2.76. The number of carboxylic acid groups (broad SMARTS) is 1. The zero-order valence-electron chi connectivity index (χ0n) is 13.1. The summed E-state index contributed by atoms with van der Waals surface area (Å²) in [5.41, 5.74) is 1.08. The lowest BCUT2D eigenvalue weighted by Gasteiger charge is -2.10. The topological polar surface area (TPSA) is 84.9 Å². The Kier molecular flexibility index (Phi) is 4.71. The van der Waals surface area contributed by atoms with Crippen LogP contribution >= 0.6 is 11.3 Å². The van der Waals surface area contributed by atoms with Crippen LogP contribution < -0.4 is 14.8 Å². The molecule has 0 saturated heterocycles. The molecule has 1 aliphatic carbocycles. The van der Waals surface area contributed by atoms with Gasteiger partial charge in [-0.2, -0.15) is 0 Å². The molecule has 0 fully saturated rings. The van der Waals surface area contributed by atoms with Gasteiger partial charge in [0.15, 0.2) is 18.1 Å². The second kappa shape index (κ2) is 6.92. The number of nitrogens with one attached hydrogen (secondary N) is 1. The number of amides is 1. The van der Waals surface area contributed by atoms with Crippen molar-refractivity contribution < 1.29 is 24.2 Å². The number of carbonyl (C=O) groups excluding carboxylic acids is 1. The molecule has 0 radical (unpaired) electrons. The van der Waals surface area contributed by atoms with E-state index in [-0.39, 0.29) is 12.2 Å². The maximum atomic E-state index is 12.1. The number of rotatable bonds is 6. The molecule has 0 aliphatic heterocycles. The molecule has 0 atom stereocenters. The van der Waals surface area contributed by atoms with E-state index < -0.39 is 11.9 Å². The number of carboxylic acids is 1. The molecule has 0 bridgehead atoms. The number of hydrogen-bond acceptors (Lipinski definition) is 5. The summed E-state index contributed by atoms with van der Waals surface area (Å²) in [5.74, 6) is -0.410. The Hall–Kier alpha value is -2.54. The van der Waals surface area contributed by atoms with Crippen LogP contribution in [-0.2, 0) is 17.6 Å². The zero-order valence-corrected chi connectivity index (χ0v) is 13.9. The van der Waals surface area contributed by atoms with Crippen molar-refractivity contribution in [3.05, 3.63) is 40.3 Å². The SMILES string of the molecule is COc1ccccc1OCC(=O)Nc1sc2c(c1C(=O)O)CCC2. The average molecular weight is 347 g/mol. The highest BCUT2D eigenvalue weighted by Gasteiger charge is 2.27. The fraction of sp³-hybridized carbons (Fsp3) is 0.294. The molecular formula is C17H17NO5S. The van der Waals surface area contributed by atoms with Crippen LogP contribution in [0.4, 0.5) is 5.00 Å². The Balaban J connectivity index is 1.69. The van der Waals surface area contributed by atoms with Crippen molar-refractivity contribution in [2.75, 3.05) is 19.0 Å². The van der Waals surface area contributed by atoms with Gasteiger partial charge in [0.2, 0.25) is 0 Å². The van der Waals surface area contributed by atoms with Crippen LogP contribution in [0, 0.1) is 0 Å². The summed E-state index contributed by atoms with van der Waals surface area (Å²) in [6.45, 7) is -0.220. The van der Waals surface area contributed by atoms with Crippen LogP contribution in [-0.4, -0.2) is 30.7 Å². The van der Waals surface area contributed by atoms with E-state index in [0.29, 0.717) is 16.5 Å². The van der Waals surface area contributed by atoms with Crippen LogP contribution in [0.1, 0.15) is 27.2 Å². The van der Waals surface area contributed by atoms with Crippen LogP contribution in [0.25, 0.3) is 0 Å². The van der Waals surface area contributed by atoms with Gasteiger partial charge in [-0.1, -0.05) is 12.1 Å². The maximum Gasteiger partial charge on any atom is 0.339 e. The number of thiophene rings is 1. The number of para-hydroxylation sites is 2. The van der Waals surface area contributed by atoms with E-state index in [1.54, 1.807) is 24.3 Å². The Morgan fingerprint density at radius 1 is 1.25 bits per heavy atom. The molecule has 6 nitrogen and oxygen atoms in total. The molecule has 1 aliphatic rings. The van der Waals surface area contributed by atoms with Gasteiger partial charge in [0.25, 0.3) is 5.91 Å². The molecule has 1 aromatic carbocycles. The van der Waals surface area contributed by atoms with Gasteiger partial charge in [-0.15, -0.1) is 11.3 Å². The summed E-state index contributed by atoms with van der Waals surface area (Å²) in [5, 5.41) is 12.5. The summed E-state index contributed by atoms with van der Waals surface area (Å²) in [4.78, 5) is 24.7. The van der Waals surface area contributed by atoms with Crippen LogP contribution in [0.2, 0.25) is 0 Å². The quantitative estimate of drug-likeness (QED) is 0.839. The molecule has 0 spiro atoms. The predicted molar refractivity (Wildman–Crippen MR) is 90.4 cm³/mol. The van der Waals surface area contributed by atoms with Crippen molar-refractivity contribution >= 4 is 28.2 Å². The summed E-state index contributed by atoms with van der Waals surface area (Å²) in [6.07, 6.45) is 2.58. The maximum absolute atomic E-state index is 12.1. The molecule has 2 aromatic rings. The highest BCUT2D eigenvalue weighted by Crippen LogP contribution is 2.39. The first-order chi connectivity index (χ1) is 11.6. The van der Waals surface area contributed by atoms with Crippen LogP contribution in [0.3, 0.4) is 0 Å². The summed E-state index contributed by atoms with van der Waals surface area (Å²) < 4.78 is 10.6. The van der Waals surface area contributed by atoms with Crippen molar-refractivity contribution in [3.63, 3.8) is 0 Å². The lowest BCUT2D eigenvalue weighted by molar-refractivity contribution is -0.118. The molecule has 0 unspecified atom stereocenters. The smallest absolute Gasteiger partial charge is 0.339 e. The number of ether oxygens (including phenoxy) is 2. The average Bonchev–Trinajstić information content (AvgIpc) is 3.13.